The zero-order valence-corrected chi connectivity index (χ0v) is 42.6. The normalized spacial score (nSPS) is 19.9. The molecule has 0 aliphatic carbocycles. The van der Waals surface area contributed by atoms with E-state index in [1.807, 2.05) is 6.08 Å². The summed E-state index contributed by atoms with van der Waals surface area (Å²) in [5.74, 6) is -0.235. The lowest BCUT2D eigenvalue weighted by Crippen LogP contribution is -2.60. The highest BCUT2D eigenvalue weighted by molar-refractivity contribution is 5.76. The van der Waals surface area contributed by atoms with Crippen LogP contribution in [0.2, 0.25) is 0 Å². The fourth-order valence-corrected chi connectivity index (χ4v) is 8.20. The van der Waals surface area contributed by atoms with E-state index in [9.17, 15) is 35.1 Å². The van der Waals surface area contributed by atoms with Crippen LogP contribution in [-0.2, 0) is 23.8 Å². The van der Waals surface area contributed by atoms with Gasteiger partial charge >= 0.3 is 5.97 Å². The predicted octanol–water partition coefficient (Wildman–Crippen LogP) is 11.7. The third-order valence-electron chi connectivity index (χ3n) is 12.6. The van der Waals surface area contributed by atoms with Gasteiger partial charge in [-0.2, -0.15) is 0 Å². The number of carbonyl (C=O) groups is 2. The van der Waals surface area contributed by atoms with Crippen molar-refractivity contribution in [2.75, 3.05) is 19.8 Å². The molecule has 1 heterocycles. The van der Waals surface area contributed by atoms with E-state index in [1.165, 1.54) is 116 Å². The number of rotatable bonds is 46. The third-order valence-corrected chi connectivity index (χ3v) is 12.6. The zero-order valence-electron chi connectivity index (χ0n) is 42.6. The fraction of sp³-hybridized carbons (Fsp3) is 0.821. The first kappa shape index (κ1) is 62.6. The summed E-state index contributed by atoms with van der Waals surface area (Å²) >= 11 is 0. The van der Waals surface area contributed by atoms with Gasteiger partial charge in [0, 0.05) is 12.8 Å². The van der Waals surface area contributed by atoms with Crippen molar-refractivity contribution in [3.05, 3.63) is 48.6 Å². The van der Waals surface area contributed by atoms with E-state index >= 15 is 0 Å². The molecule has 11 nitrogen and oxygen atoms in total. The average molecular weight is 948 g/mol. The second-order valence-electron chi connectivity index (χ2n) is 18.9. The molecule has 7 unspecified atom stereocenters. The topological polar surface area (TPSA) is 175 Å². The van der Waals surface area contributed by atoms with Crippen LogP contribution in [0.1, 0.15) is 232 Å². The standard InChI is InChI=1S/C56H101NO10/c1-3-5-7-9-11-13-14-24-28-32-36-40-44-52(61)65-45-41-37-33-29-25-22-20-18-16-15-17-19-21-23-27-31-35-39-43-51(60)57-48(49(59)42-38-34-30-26-12-10-8-6-4-2)47-66-56-55(64)54(63)53(62)50(46-58)67-56/h11-13,17,19,26,38,42,48-50,53-56,58-59,62-64H,3-10,14-16,18,20-25,27-37,39-41,43-47H2,1-2H3,(H,57,60)/b13-11-,19-17-,26-12+,42-38+. The summed E-state index contributed by atoms with van der Waals surface area (Å²) in [7, 11) is 0. The monoisotopic (exact) mass is 948 g/mol. The van der Waals surface area contributed by atoms with Gasteiger partial charge in [-0.1, -0.05) is 172 Å². The molecule has 6 N–H and O–H groups in total. The Morgan fingerprint density at radius 3 is 1.48 bits per heavy atom. The molecule has 0 saturated carbocycles. The van der Waals surface area contributed by atoms with Gasteiger partial charge in [0.25, 0.3) is 0 Å². The van der Waals surface area contributed by atoms with Gasteiger partial charge in [-0.25, -0.2) is 0 Å². The molecule has 1 aliphatic rings. The van der Waals surface area contributed by atoms with E-state index in [0.717, 1.165) is 89.9 Å². The maximum atomic E-state index is 13.0. The van der Waals surface area contributed by atoms with Crippen molar-refractivity contribution in [1.82, 2.24) is 5.32 Å². The van der Waals surface area contributed by atoms with Crippen molar-refractivity contribution in [1.29, 1.82) is 0 Å². The van der Waals surface area contributed by atoms with Gasteiger partial charge < -0.3 is 45.1 Å². The molecule has 1 amide bonds. The molecule has 11 heteroatoms. The van der Waals surface area contributed by atoms with Crippen LogP contribution in [0.3, 0.4) is 0 Å². The first-order valence-corrected chi connectivity index (χ1v) is 27.4. The highest BCUT2D eigenvalue weighted by Gasteiger charge is 2.44. The smallest absolute Gasteiger partial charge is 0.305 e. The highest BCUT2D eigenvalue weighted by Crippen LogP contribution is 2.23. The number of allylic oxidation sites excluding steroid dienone is 7. The number of amides is 1. The molecule has 0 bridgehead atoms. The van der Waals surface area contributed by atoms with Crippen molar-refractivity contribution < 1.29 is 49.3 Å². The molecule has 390 valence electrons. The minimum atomic E-state index is -1.58. The number of ether oxygens (including phenoxy) is 3. The van der Waals surface area contributed by atoms with Gasteiger partial charge in [0.15, 0.2) is 6.29 Å². The summed E-state index contributed by atoms with van der Waals surface area (Å²) in [6, 6.07) is -0.837. The van der Waals surface area contributed by atoms with E-state index in [4.69, 9.17) is 14.2 Å². The molecule has 0 aromatic heterocycles. The SMILES string of the molecule is CCCCC/C=C\CCCCCCCC(=O)OCCCCCCCCCCC/C=C\CCCCCCCC(=O)NC(COC1OC(CO)C(O)C(O)C1O)C(O)/C=C/CC/C=C/CCCCC. The Kier molecular flexibility index (Phi) is 43.0. The highest BCUT2D eigenvalue weighted by atomic mass is 16.7. The van der Waals surface area contributed by atoms with E-state index in [2.05, 4.69) is 55.6 Å². The first-order valence-electron chi connectivity index (χ1n) is 27.4. The second-order valence-corrected chi connectivity index (χ2v) is 18.9. The van der Waals surface area contributed by atoms with Crippen molar-refractivity contribution >= 4 is 11.9 Å². The lowest BCUT2D eigenvalue weighted by molar-refractivity contribution is -0.302. The molecule has 67 heavy (non-hydrogen) atoms. The van der Waals surface area contributed by atoms with Gasteiger partial charge in [0.05, 0.1) is 32.0 Å². The van der Waals surface area contributed by atoms with E-state index in [0.29, 0.717) is 19.4 Å². The molecular weight excluding hydrogens is 847 g/mol. The Hall–Kier alpha value is -2.38. The molecule has 0 aromatic rings. The number of esters is 1. The van der Waals surface area contributed by atoms with Crippen LogP contribution < -0.4 is 5.32 Å². The van der Waals surface area contributed by atoms with Gasteiger partial charge in [-0.3, -0.25) is 9.59 Å². The number of carbonyl (C=O) groups excluding carboxylic acids is 2. The summed E-state index contributed by atoms with van der Waals surface area (Å²) in [6.07, 6.45) is 46.4. The largest absolute Gasteiger partial charge is 0.466 e. The lowest BCUT2D eigenvalue weighted by atomic mass is 9.99. The number of aliphatic hydroxyl groups excluding tert-OH is 5. The van der Waals surface area contributed by atoms with E-state index < -0.39 is 49.5 Å². The molecule has 0 radical (unpaired) electrons. The quantitative estimate of drug-likeness (QED) is 0.0196. The minimum absolute atomic E-state index is 0.0246. The van der Waals surface area contributed by atoms with Crippen molar-refractivity contribution in [2.45, 2.75) is 275 Å². The maximum absolute atomic E-state index is 13.0. The molecule has 0 aromatic carbocycles. The molecule has 1 saturated heterocycles. The number of aliphatic hydroxyl groups is 5. The molecule has 7 atom stereocenters. The lowest BCUT2D eigenvalue weighted by Gasteiger charge is -2.40. The average Bonchev–Trinajstić information content (AvgIpc) is 3.32. The van der Waals surface area contributed by atoms with Gasteiger partial charge in [-0.15, -0.1) is 0 Å². The first-order chi connectivity index (χ1) is 32.7. The second kappa shape index (κ2) is 46.0. The summed E-state index contributed by atoms with van der Waals surface area (Å²) in [6.45, 7) is 4.21. The van der Waals surface area contributed by atoms with Gasteiger partial charge in [-0.05, 0) is 96.3 Å². The maximum Gasteiger partial charge on any atom is 0.305 e. The Labute approximate surface area is 408 Å². The van der Waals surface area contributed by atoms with Crippen LogP contribution in [0.4, 0.5) is 0 Å². The summed E-state index contributed by atoms with van der Waals surface area (Å²) in [5, 5.41) is 54.1. The summed E-state index contributed by atoms with van der Waals surface area (Å²) in [5.41, 5.74) is 0. The number of hydrogen-bond acceptors (Lipinski definition) is 10. The van der Waals surface area contributed by atoms with Gasteiger partial charge in [0.1, 0.15) is 24.4 Å². The molecular formula is C56H101NO10. The van der Waals surface area contributed by atoms with Crippen molar-refractivity contribution in [2.24, 2.45) is 0 Å². The Bertz CT molecular complexity index is 1250. The van der Waals surface area contributed by atoms with Crippen LogP contribution in [0.5, 0.6) is 0 Å². The summed E-state index contributed by atoms with van der Waals surface area (Å²) < 4.78 is 16.6. The van der Waals surface area contributed by atoms with E-state index in [-0.39, 0.29) is 18.5 Å². The predicted molar refractivity (Wildman–Crippen MR) is 274 cm³/mol. The van der Waals surface area contributed by atoms with Crippen molar-refractivity contribution in [3.8, 4) is 0 Å². The van der Waals surface area contributed by atoms with Crippen molar-refractivity contribution in [3.63, 3.8) is 0 Å². The van der Waals surface area contributed by atoms with Crippen LogP contribution in [0.25, 0.3) is 0 Å². The summed E-state index contributed by atoms with van der Waals surface area (Å²) in [4.78, 5) is 25.0. The number of hydrogen-bond donors (Lipinski definition) is 6. The van der Waals surface area contributed by atoms with Crippen LogP contribution >= 0.6 is 0 Å². The molecule has 0 spiro atoms. The Balaban J connectivity index is 2.09. The third kappa shape index (κ3) is 36.3. The van der Waals surface area contributed by atoms with Crippen LogP contribution in [-0.4, -0.2) is 100 Å². The van der Waals surface area contributed by atoms with E-state index in [1.54, 1.807) is 6.08 Å². The zero-order chi connectivity index (χ0) is 48.8. The molecule has 1 aliphatic heterocycles. The molecule has 1 rings (SSSR count). The minimum Gasteiger partial charge on any atom is -0.466 e. The van der Waals surface area contributed by atoms with Gasteiger partial charge in [0.2, 0.25) is 5.91 Å². The Morgan fingerprint density at radius 1 is 0.537 bits per heavy atom. The van der Waals surface area contributed by atoms with Crippen LogP contribution in [0.15, 0.2) is 48.6 Å². The Morgan fingerprint density at radius 2 is 0.970 bits per heavy atom. The van der Waals surface area contributed by atoms with Crippen LogP contribution in [0, 0.1) is 0 Å². The number of unbranched alkanes of at least 4 members (excludes halogenated alkanes) is 26. The number of nitrogens with one attached hydrogen (secondary N) is 1. The molecule has 1 fully saturated rings. The fourth-order valence-electron chi connectivity index (χ4n) is 8.20.